The maximum atomic E-state index is 11.3. The van der Waals surface area contributed by atoms with Crippen LogP contribution in [0.15, 0.2) is 0 Å². The van der Waals surface area contributed by atoms with Crippen molar-refractivity contribution in [2.45, 2.75) is 33.1 Å². The first-order chi connectivity index (χ1) is 7.60. The maximum absolute atomic E-state index is 11.3. The molecule has 0 heterocycles. The average Bonchev–Trinajstić information content (AvgIpc) is 2.24. The van der Waals surface area contributed by atoms with Gasteiger partial charge in [0.15, 0.2) is 0 Å². The second-order valence-electron chi connectivity index (χ2n) is 3.80. The Morgan fingerprint density at radius 2 is 2.12 bits per heavy atom. The van der Waals surface area contributed by atoms with Crippen LogP contribution in [0.2, 0.25) is 0 Å². The van der Waals surface area contributed by atoms with Gasteiger partial charge in [-0.3, -0.25) is 9.59 Å². The third-order valence-corrected chi connectivity index (χ3v) is 2.12. The first-order valence-electron chi connectivity index (χ1n) is 5.72. The van der Waals surface area contributed by atoms with Crippen molar-refractivity contribution >= 4 is 11.9 Å². The zero-order valence-corrected chi connectivity index (χ0v) is 10.1. The van der Waals surface area contributed by atoms with E-state index in [1.54, 1.807) is 6.92 Å². The first-order valence-corrected chi connectivity index (χ1v) is 5.72. The van der Waals surface area contributed by atoms with Crippen LogP contribution < -0.4 is 11.1 Å². The SMILES string of the molecule is CCOC(=O)CCCNC(=O)CC(C)CN. The number of rotatable bonds is 8. The molecular formula is C11H22N2O3. The standard InChI is InChI=1S/C11H22N2O3/c1-3-16-11(15)5-4-6-13-10(14)7-9(2)8-12/h9H,3-8,12H2,1-2H3,(H,13,14). The minimum Gasteiger partial charge on any atom is -0.466 e. The lowest BCUT2D eigenvalue weighted by Crippen LogP contribution is -2.28. The largest absolute Gasteiger partial charge is 0.466 e. The molecule has 0 bridgehead atoms. The van der Waals surface area contributed by atoms with E-state index in [4.69, 9.17) is 10.5 Å². The van der Waals surface area contributed by atoms with Gasteiger partial charge < -0.3 is 15.8 Å². The second-order valence-corrected chi connectivity index (χ2v) is 3.80. The van der Waals surface area contributed by atoms with Gasteiger partial charge in [0.1, 0.15) is 0 Å². The van der Waals surface area contributed by atoms with E-state index in [-0.39, 0.29) is 17.8 Å². The molecule has 0 fully saturated rings. The molecule has 0 saturated carbocycles. The highest BCUT2D eigenvalue weighted by molar-refractivity contribution is 5.76. The van der Waals surface area contributed by atoms with Crippen molar-refractivity contribution in [3.8, 4) is 0 Å². The molecule has 0 rings (SSSR count). The van der Waals surface area contributed by atoms with E-state index in [2.05, 4.69) is 5.32 Å². The fraction of sp³-hybridized carbons (Fsp3) is 0.818. The molecule has 0 radical (unpaired) electrons. The molecule has 0 aromatic heterocycles. The third kappa shape index (κ3) is 8.23. The summed E-state index contributed by atoms with van der Waals surface area (Å²) in [5.74, 6) is -0.0288. The van der Waals surface area contributed by atoms with Gasteiger partial charge in [0, 0.05) is 19.4 Å². The van der Waals surface area contributed by atoms with E-state index in [9.17, 15) is 9.59 Å². The van der Waals surface area contributed by atoms with Gasteiger partial charge in [-0.25, -0.2) is 0 Å². The number of nitrogens with one attached hydrogen (secondary N) is 1. The smallest absolute Gasteiger partial charge is 0.305 e. The predicted octanol–water partition coefficient (Wildman–Crippen LogP) is 0.431. The van der Waals surface area contributed by atoms with Crippen LogP contribution in [0.25, 0.3) is 0 Å². The summed E-state index contributed by atoms with van der Waals surface area (Å²) in [5, 5.41) is 2.74. The van der Waals surface area contributed by atoms with Crippen molar-refractivity contribution in [2.75, 3.05) is 19.7 Å². The summed E-state index contributed by atoms with van der Waals surface area (Å²) in [6, 6.07) is 0. The van der Waals surface area contributed by atoms with Gasteiger partial charge in [-0.2, -0.15) is 0 Å². The van der Waals surface area contributed by atoms with Gasteiger partial charge in [-0.1, -0.05) is 6.92 Å². The summed E-state index contributed by atoms with van der Waals surface area (Å²) >= 11 is 0. The Morgan fingerprint density at radius 3 is 2.69 bits per heavy atom. The second kappa shape index (κ2) is 9.15. The van der Waals surface area contributed by atoms with Crippen molar-refractivity contribution in [1.82, 2.24) is 5.32 Å². The Morgan fingerprint density at radius 1 is 1.44 bits per heavy atom. The minimum absolute atomic E-state index is 0.0122. The molecule has 5 heteroatoms. The van der Waals surface area contributed by atoms with E-state index >= 15 is 0 Å². The normalized spacial score (nSPS) is 11.9. The quantitative estimate of drug-likeness (QED) is 0.468. The Labute approximate surface area is 96.7 Å². The summed E-state index contributed by atoms with van der Waals surface area (Å²) in [4.78, 5) is 22.3. The van der Waals surface area contributed by atoms with Crippen LogP contribution >= 0.6 is 0 Å². The molecule has 1 atom stereocenters. The fourth-order valence-corrected chi connectivity index (χ4v) is 1.17. The number of amides is 1. The monoisotopic (exact) mass is 230 g/mol. The number of carbonyl (C=O) groups is 2. The molecule has 94 valence electrons. The van der Waals surface area contributed by atoms with Crippen molar-refractivity contribution < 1.29 is 14.3 Å². The Hall–Kier alpha value is -1.10. The molecule has 0 aliphatic carbocycles. The zero-order chi connectivity index (χ0) is 12.4. The molecule has 5 nitrogen and oxygen atoms in total. The molecule has 0 aliphatic heterocycles. The number of nitrogens with two attached hydrogens (primary N) is 1. The van der Waals surface area contributed by atoms with Gasteiger partial charge in [0.25, 0.3) is 0 Å². The molecule has 0 aliphatic rings. The summed E-state index contributed by atoms with van der Waals surface area (Å²) in [5.41, 5.74) is 5.41. The van der Waals surface area contributed by atoms with E-state index < -0.39 is 0 Å². The van der Waals surface area contributed by atoms with Crippen LogP contribution in [0.5, 0.6) is 0 Å². The number of hydrogen-bond donors (Lipinski definition) is 2. The summed E-state index contributed by atoms with van der Waals surface area (Å²) in [7, 11) is 0. The van der Waals surface area contributed by atoms with Gasteiger partial charge >= 0.3 is 5.97 Å². The fourth-order valence-electron chi connectivity index (χ4n) is 1.17. The molecule has 16 heavy (non-hydrogen) atoms. The molecule has 1 unspecified atom stereocenters. The van der Waals surface area contributed by atoms with Crippen LogP contribution in [-0.2, 0) is 14.3 Å². The van der Waals surface area contributed by atoms with Gasteiger partial charge in [-0.15, -0.1) is 0 Å². The van der Waals surface area contributed by atoms with Crippen LogP contribution in [0, 0.1) is 5.92 Å². The van der Waals surface area contributed by atoms with Crippen molar-refractivity contribution in [3.05, 3.63) is 0 Å². The number of hydrogen-bond acceptors (Lipinski definition) is 4. The highest BCUT2D eigenvalue weighted by Crippen LogP contribution is 1.98. The summed E-state index contributed by atoms with van der Waals surface area (Å²) in [6.07, 6.45) is 1.40. The molecule has 0 aromatic rings. The lowest BCUT2D eigenvalue weighted by Gasteiger charge is -2.08. The van der Waals surface area contributed by atoms with E-state index in [0.717, 1.165) is 0 Å². The Kier molecular flexibility index (Phi) is 8.52. The summed E-state index contributed by atoms with van der Waals surface area (Å²) < 4.78 is 4.76. The van der Waals surface area contributed by atoms with Crippen LogP contribution in [-0.4, -0.2) is 31.6 Å². The van der Waals surface area contributed by atoms with E-state index in [0.29, 0.717) is 39.0 Å². The highest BCUT2D eigenvalue weighted by atomic mass is 16.5. The molecule has 0 saturated heterocycles. The molecule has 0 aromatic carbocycles. The maximum Gasteiger partial charge on any atom is 0.305 e. The lowest BCUT2D eigenvalue weighted by atomic mass is 10.1. The van der Waals surface area contributed by atoms with Crippen molar-refractivity contribution in [3.63, 3.8) is 0 Å². The molecule has 1 amide bonds. The van der Waals surface area contributed by atoms with Gasteiger partial charge in [0.05, 0.1) is 6.61 Å². The van der Waals surface area contributed by atoms with E-state index in [1.165, 1.54) is 0 Å². The third-order valence-electron chi connectivity index (χ3n) is 2.12. The Balaban J connectivity index is 3.44. The van der Waals surface area contributed by atoms with Crippen LogP contribution in [0.3, 0.4) is 0 Å². The molecule has 0 spiro atoms. The lowest BCUT2D eigenvalue weighted by molar-refractivity contribution is -0.143. The van der Waals surface area contributed by atoms with Crippen LogP contribution in [0.1, 0.15) is 33.1 Å². The predicted molar refractivity (Wildman–Crippen MR) is 61.7 cm³/mol. The number of esters is 1. The number of ether oxygens (including phenoxy) is 1. The first kappa shape index (κ1) is 14.9. The average molecular weight is 230 g/mol. The highest BCUT2D eigenvalue weighted by Gasteiger charge is 2.07. The van der Waals surface area contributed by atoms with Crippen molar-refractivity contribution in [2.24, 2.45) is 11.7 Å². The van der Waals surface area contributed by atoms with Gasteiger partial charge in [-0.05, 0) is 25.8 Å². The van der Waals surface area contributed by atoms with Gasteiger partial charge in [0.2, 0.25) is 5.91 Å². The Bertz CT molecular complexity index is 219. The van der Waals surface area contributed by atoms with Crippen molar-refractivity contribution in [1.29, 1.82) is 0 Å². The molecule has 3 N–H and O–H groups in total. The zero-order valence-electron chi connectivity index (χ0n) is 10.1. The minimum atomic E-state index is -0.216. The molecular weight excluding hydrogens is 208 g/mol. The number of carbonyl (C=O) groups excluding carboxylic acids is 2. The van der Waals surface area contributed by atoms with E-state index in [1.807, 2.05) is 6.92 Å². The van der Waals surface area contributed by atoms with Crippen LogP contribution in [0.4, 0.5) is 0 Å². The topological polar surface area (TPSA) is 81.4 Å². The summed E-state index contributed by atoms with van der Waals surface area (Å²) in [6.45, 7) is 5.12.